The van der Waals surface area contributed by atoms with Crippen LogP contribution in [0.5, 0.6) is 5.75 Å². The maximum absolute atomic E-state index is 10.9. The molecule has 1 aliphatic carbocycles. The van der Waals surface area contributed by atoms with Crippen molar-refractivity contribution in [3.63, 3.8) is 0 Å². The van der Waals surface area contributed by atoms with Crippen LogP contribution in [0.4, 0.5) is 0 Å². The van der Waals surface area contributed by atoms with Crippen molar-refractivity contribution in [3.8, 4) is 5.75 Å². The van der Waals surface area contributed by atoms with Crippen LogP contribution in [0.1, 0.15) is 17.5 Å². The maximum Gasteiger partial charge on any atom is 0.340 e. The van der Waals surface area contributed by atoms with Gasteiger partial charge < -0.3 is 15.3 Å². The Morgan fingerprint density at radius 2 is 2.14 bits per heavy atom. The number of hydrogen-bond acceptors (Lipinski definition) is 3. The second-order valence-electron chi connectivity index (χ2n) is 3.51. The molecule has 1 unspecified atom stereocenters. The number of aliphatic hydroxyl groups is 1. The minimum absolute atomic E-state index is 0.0957. The Morgan fingerprint density at radius 1 is 1.43 bits per heavy atom. The molecule has 0 fully saturated rings. The number of carboxylic acid groups (broad SMARTS) is 1. The Labute approximate surface area is 80.4 Å². The minimum Gasteiger partial charge on any atom is -0.508 e. The number of rotatable bonds is 1. The fourth-order valence-corrected chi connectivity index (χ4v) is 1.86. The molecule has 1 aromatic carbocycles. The Hall–Kier alpha value is -1.55. The quantitative estimate of drug-likeness (QED) is 0.612. The number of phenolic OH excluding ortho intramolecular Hbond substituents is 1. The van der Waals surface area contributed by atoms with E-state index in [1.165, 1.54) is 18.2 Å². The molecular weight excluding hydrogens is 184 g/mol. The molecule has 0 aliphatic heterocycles. The zero-order valence-electron chi connectivity index (χ0n) is 7.40. The molecule has 1 atom stereocenters. The normalized spacial score (nSPS) is 24.6. The SMILES string of the molecule is O=C(O)C1(O)CCc2cc(O)ccc21. The summed E-state index contributed by atoms with van der Waals surface area (Å²) in [4.78, 5) is 10.9. The van der Waals surface area contributed by atoms with E-state index in [1.807, 2.05) is 0 Å². The van der Waals surface area contributed by atoms with Gasteiger partial charge in [0.1, 0.15) is 5.75 Å². The first-order valence-electron chi connectivity index (χ1n) is 4.32. The summed E-state index contributed by atoms with van der Waals surface area (Å²) < 4.78 is 0. The predicted molar refractivity (Wildman–Crippen MR) is 48.0 cm³/mol. The largest absolute Gasteiger partial charge is 0.508 e. The first-order valence-corrected chi connectivity index (χ1v) is 4.32. The van der Waals surface area contributed by atoms with E-state index in [2.05, 4.69) is 0 Å². The predicted octanol–water partition coefficient (Wildman–Crippen LogP) is 0.611. The van der Waals surface area contributed by atoms with Gasteiger partial charge in [-0.25, -0.2) is 4.79 Å². The third-order valence-electron chi connectivity index (χ3n) is 2.64. The van der Waals surface area contributed by atoms with Crippen LogP contribution in [0.25, 0.3) is 0 Å². The van der Waals surface area contributed by atoms with E-state index >= 15 is 0 Å². The monoisotopic (exact) mass is 194 g/mol. The van der Waals surface area contributed by atoms with Crippen molar-refractivity contribution < 1.29 is 20.1 Å². The Balaban J connectivity index is 2.55. The Morgan fingerprint density at radius 3 is 2.79 bits per heavy atom. The lowest BCUT2D eigenvalue weighted by Crippen LogP contribution is -2.32. The zero-order valence-corrected chi connectivity index (χ0v) is 7.40. The molecule has 0 spiro atoms. The van der Waals surface area contributed by atoms with Crippen molar-refractivity contribution in [2.75, 3.05) is 0 Å². The van der Waals surface area contributed by atoms with Crippen LogP contribution in [-0.4, -0.2) is 21.3 Å². The zero-order chi connectivity index (χ0) is 10.3. The lowest BCUT2D eigenvalue weighted by Gasteiger charge is -2.17. The molecule has 0 saturated carbocycles. The van der Waals surface area contributed by atoms with Gasteiger partial charge in [0.05, 0.1) is 0 Å². The number of benzene rings is 1. The lowest BCUT2D eigenvalue weighted by molar-refractivity contribution is -0.159. The molecule has 4 nitrogen and oxygen atoms in total. The number of carboxylic acids is 1. The minimum atomic E-state index is -1.77. The first-order chi connectivity index (χ1) is 6.54. The molecule has 0 aromatic heterocycles. The molecule has 1 aromatic rings. The molecular formula is C10H10O4. The van der Waals surface area contributed by atoms with E-state index in [9.17, 15) is 15.0 Å². The highest BCUT2D eigenvalue weighted by Gasteiger charge is 2.43. The smallest absolute Gasteiger partial charge is 0.340 e. The molecule has 14 heavy (non-hydrogen) atoms. The second-order valence-corrected chi connectivity index (χ2v) is 3.51. The Bertz CT molecular complexity index is 399. The standard InChI is InChI=1S/C10H10O4/c11-7-1-2-8-6(5-7)3-4-10(8,14)9(12)13/h1-2,5,11,14H,3-4H2,(H,12,13). The maximum atomic E-state index is 10.9. The lowest BCUT2D eigenvalue weighted by atomic mass is 9.96. The summed E-state index contributed by atoms with van der Waals surface area (Å²) >= 11 is 0. The fraction of sp³-hybridized carbons (Fsp3) is 0.300. The summed E-state index contributed by atoms with van der Waals surface area (Å²) in [7, 11) is 0. The third kappa shape index (κ3) is 1.08. The van der Waals surface area contributed by atoms with Gasteiger partial charge in [-0.05, 0) is 36.1 Å². The average molecular weight is 194 g/mol. The van der Waals surface area contributed by atoms with Crippen LogP contribution in [0.2, 0.25) is 0 Å². The van der Waals surface area contributed by atoms with Gasteiger partial charge in [-0.15, -0.1) is 0 Å². The fourth-order valence-electron chi connectivity index (χ4n) is 1.86. The van der Waals surface area contributed by atoms with Crippen molar-refractivity contribution in [1.82, 2.24) is 0 Å². The summed E-state index contributed by atoms with van der Waals surface area (Å²) in [5.74, 6) is -1.14. The van der Waals surface area contributed by atoms with Crippen LogP contribution >= 0.6 is 0 Å². The molecule has 0 bridgehead atoms. The van der Waals surface area contributed by atoms with Gasteiger partial charge in [0.2, 0.25) is 0 Å². The van der Waals surface area contributed by atoms with Gasteiger partial charge in [-0.3, -0.25) is 0 Å². The van der Waals surface area contributed by atoms with E-state index < -0.39 is 11.6 Å². The number of aliphatic carboxylic acids is 1. The molecule has 3 N–H and O–H groups in total. The van der Waals surface area contributed by atoms with Crippen LogP contribution in [0.3, 0.4) is 0 Å². The second kappa shape index (κ2) is 2.72. The number of aromatic hydroxyl groups is 1. The van der Waals surface area contributed by atoms with E-state index in [1.54, 1.807) is 0 Å². The van der Waals surface area contributed by atoms with Crippen molar-refractivity contribution in [2.45, 2.75) is 18.4 Å². The van der Waals surface area contributed by atoms with Crippen LogP contribution < -0.4 is 0 Å². The molecule has 2 rings (SSSR count). The first kappa shape index (κ1) is 9.02. The van der Waals surface area contributed by atoms with Crippen LogP contribution in [-0.2, 0) is 16.8 Å². The van der Waals surface area contributed by atoms with Gasteiger partial charge in [0.25, 0.3) is 0 Å². The molecule has 0 heterocycles. The molecule has 0 amide bonds. The third-order valence-corrected chi connectivity index (χ3v) is 2.64. The highest BCUT2D eigenvalue weighted by atomic mass is 16.4. The van der Waals surface area contributed by atoms with Gasteiger partial charge in [0, 0.05) is 0 Å². The topological polar surface area (TPSA) is 77.8 Å². The summed E-state index contributed by atoms with van der Waals surface area (Å²) in [6.45, 7) is 0. The van der Waals surface area contributed by atoms with E-state index in [0.29, 0.717) is 17.5 Å². The van der Waals surface area contributed by atoms with E-state index in [-0.39, 0.29) is 12.2 Å². The van der Waals surface area contributed by atoms with Crippen molar-refractivity contribution >= 4 is 5.97 Å². The summed E-state index contributed by atoms with van der Waals surface area (Å²) in [6, 6.07) is 4.35. The number of phenols is 1. The van der Waals surface area contributed by atoms with Crippen molar-refractivity contribution in [1.29, 1.82) is 0 Å². The van der Waals surface area contributed by atoms with E-state index in [4.69, 9.17) is 5.11 Å². The number of hydrogen-bond donors (Lipinski definition) is 3. The molecule has 0 saturated heterocycles. The molecule has 4 heteroatoms. The molecule has 1 aliphatic rings. The van der Waals surface area contributed by atoms with Crippen molar-refractivity contribution in [3.05, 3.63) is 29.3 Å². The Kier molecular flexibility index (Phi) is 1.75. The summed E-state index contributed by atoms with van der Waals surface area (Å²) in [5, 5.41) is 27.9. The van der Waals surface area contributed by atoms with Crippen LogP contribution in [0.15, 0.2) is 18.2 Å². The van der Waals surface area contributed by atoms with Gasteiger partial charge in [-0.1, -0.05) is 6.07 Å². The average Bonchev–Trinajstić information content (AvgIpc) is 2.45. The van der Waals surface area contributed by atoms with Gasteiger partial charge in [0.15, 0.2) is 5.60 Å². The van der Waals surface area contributed by atoms with Crippen molar-refractivity contribution in [2.24, 2.45) is 0 Å². The van der Waals surface area contributed by atoms with Gasteiger partial charge >= 0.3 is 5.97 Å². The highest BCUT2D eigenvalue weighted by molar-refractivity contribution is 5.81. The van der Waals surface area contributed by atoms with Crippen LogP contribution in [0, 0.1) is 0 Å². The number of carbonyl (C=O) groups is 1. The molecule has 0 radical (unpaired) electrons. The molecule has 74 valence electrons. The summed E-state index contributed by atoms with van der Waals surface area (Å²) in [5.41, 5.74) is -0.680. The van der Waals surface area contributed by atoms with E-state index in [0.717, 1.165) is 0 Å². The highest BCUT2D eigenvalue weighted by Crippen LogP contribution is 2.38. The van der Waals surface area contributed by atoms with Gasteiger partial charge in [-0.2, -0.15) is 0 Å². The number of aryl methyl sites for hydroxylation is 1. The summed E-state index contributed by atoms with van der Waals surface area (Å²) in [6.07, 6.45) is 0.646. The number of fused-ring (bicyclic) bond motifs is 1.